The van der Waals surface area contributed by atoms with Gasteiger partial charge in [-0.05, 0) is 149 Å². The third-order valence-electron chi connectivity index (χ3n) is 14.4. The Morgan fingerprint density at radius 2 is 1.41 bits per heavy atom. The summed E-state index contributed by atoms with van der Waals surface area (Å²) >= 11 is 0. The van der Waals surface area contributed by atoms with Crippen molar-refractivity contribution in [2.75, 3.05) is 6.61 Å². The average Bonchev–Trinajstić information content (AvgIpc) is 2.98. The Labute approximate surface area is 277 Å². The Hall–Kier alpha value is -0.260. The summed E-state index contributed by atoms with van der Waals surface area (Å²) in [5.74, 6) is 3.08. The van der Waals surface area contributed by atoms with E-state index in [4.69, 9.17) is 4.52 Å². The van der Waals surface area contributed by atoms with Crippen molar-refractivity contribution in [2.45, 2.75) is 151 Å². The van der Waals surface area contributed by atoms with Gasteiger partial charge in [0.15, 0.2) is 0 Å². The maximum atomic E-state index is 10.3. The molecule has 0 aromatic rings. The van der Waals surface area contributed by atoms with E-state index in [2.05, 4.69) is 83.2 Å². The molecule has 1 N–H and O–H groups in total. The second kappa shape index (κ2) is 15.3. The van der Waals surface area contributed by atoms with E-state index in [1.165, 1.54) is 93.8 Å². The molecule has 252 valence electrons. The fourth-order valence-corrected chi connectivity index (χ4v) is 10.7. The first kappa shape index (κ1) is 38.2. The number of fused-ring (bicyclic) bond motifs is 2. The predicted octanol–water partition coefficient (Wildman–Crippen LogP) is 12.4. The summed E-state index contributed by atoms with van der Waals surface area (Å²) in [6.07, 6.45) is 21.5. The van der Waals surface area contributed by atoms with Crippen LogP contribution in [0.2, 0.25) is 0 Å². The van der Waals surface area contributed by atoms with Crippen molar-refractivity contribution in [1.82, 2.24) is 0 Å². The van der Waals surface area contributed by atoms with Crippen LogP contribution in [0.25, 0.3) is 0 Å². The van der Waals surface area contributed by atoms with Crippen LogP contribution in [0.1, 0.15) is 145 Å². The van der Waals surface area contributed by atoms with Crippen LogP contribution >= 0.6 is 17.4 Å². The van der Waals surface area contributed by atoms with Crippen LogP contribution in [0, 0.1) is 45.3 Å². The molecule has 11 atom stereocenters. The molecule has 0 spiro atoms. The Balaban J connectivity index is 0.000000241. The zero-order valence-electron chi connectivity index (χ0n) is 30.1. The lowest BCUT2D eigenvalue weighted by Gasteiger charge is -2.59. The molecule has 5 unspecified atom stereocenters. The molecule has 2 nitrogen and oxygen atoms in total. The van der Waals surface area contributed by atoms with E-state index in [0.29, 0.717) is 30.2 Å². The van der Waals surface area contributed by atoms with Crippen molar-refractivity contribution in [3.8, 4) is 0 Å². The first-order valence-corrected chi connectivity index (χ1v) is 20.7. The second-order valence-electron chi connectivity index (χ2n) is 16.9. The zero-order chi connectivity index (χ0) is 33.0. The van der Waals surface area contributed by atoms with Crippen LogP contribution in [0.4, 0.5) is 0 Å². The highest BCUT2D eigenvalue weighted by Gasteiger charge is 2.55. The SMILES string of the molecule is C=C1CCCC2[C@@]1(C)CC[C@@H](C)[C@]2(C)CC/C(C)=C/COPP.C=CC(C)(O)CC[C@]1(C)C2CCCC(=C)[C@]2(C)CC[C@H]1C. The van der Waals surface area contributed by atoms with Gasteiger partial charge in [-0.15, -0.1) is 6.58 Å². The highest BCUT2D eigenvalue weighted by molar-refractivity contribution is 8.00. The van der Waals surface area contributed by atoms with Crippen LogP contribution in [0.3, 0.4) is 0 Å². The molecule has 0 aliphatic heterocycles. The molecular weight excluding hydrogens is 574 g/mol. The van der Waals surface area contributed by atoms with Gasteiger partial charge in [-0.2, -0.15) is 0 Å². The molecule has 0 amide bonds. The molecule has 0 bridgehead atoms. The summed E-state index contributed by atoms with van der Waals surface area (Å²) in [5, 5.41) is 10.3. The van der Waals surface area contributed by atoms with Gasteiger partial charge in [0.1, 0.15) is 0 Å². The monoisotopic (exact) mass is 644 g/mol. The minimum Gasteiger partial charge on any atom is -0.386 e. The molecule has 4 heteroatoms. The highest BCUT2D eigenvalue weighted by Crippen LogP contribution is 2.64. The maximum absolute atomic E-state index is 10.3. The van der Waals surface area contributed by atoms with E-state index in [0.717, 1.165) is 43.1 Å². The lowest BCUT2D eigenvalue weighted by molar-refractivity contribution is -0.0649. The summed E-state index contributed by atoms with van der Waals surface area (Å²) in [7, 11) is 3.15. The molecule has 0 aromatic heterocycles. The summed E-state index contributed by atoms with van der Waals surface area (Å²) in [5.41, 5.74) is 5.24. The maximum Gasteiger partial charge on any atom is 0.0797 e. The smallest absolute Gasteiger partial charge is 0.0797 e. The average molecular weight is 645 g/mol. The molecule has 4 aliphatic rings. The van der Waals surface area contributed by atoms with Crippen LogP contribution < -0.4 is 0 Å². The van der Waals surface area contributed by atoms with E-state index in [1.54, 1.807) is 6.08 Å². The number of aliphatic hydroxyl groups is 1. The van der Waals surface area contributed by atoms with Gasteiger partial charge in [-0.3, -0.25) is 0 Å². The second-order valence-corrected chi connectivity index (χ2v) is 18.1. The standard InChI is InChI=1S/C20H36OP2.C20H34O/c1-15(11-14-21-23-22)9-12-19(4)17(3)10-13-20(5)16(2)7-6-8-18(19)20;1-7-18(4,21)13-14-20(6)16(3)11-12-19(5)15(2)9-8-10-17(19)20/h11,17-18,23H,2,6-10,12-14,22H2,1,3-5H3;7,16-17,21H,1-2,8-14H2,3-6H3/b15-11+;/t17-,18?,19+,20+;16-,17?,18?,19+,20+/m11/s1. The fourth-order valence-electron chi connectivity index (χ4n) is 10.2. The third-order valence-corrected chi connectivity index (χ3v) is 15.2. The van der Waals surface area contributed by atoms with E-state index in [-0.39, 0.29) is 0 Å². The van der Waals surface area contributed by atoms with E-state index in [9.17, 15) is 5.11 Å². The zero-order valence-corrected chi connectivity index (χ0v) is 32.3. The van der Waals surface area contributed by atoms with Crippen LogP contribution in [-0.2, 0) is 4.52 Å². The molecule has 4 saturated carbocycles. The summed E-state index contributed by atoms with van der Waals surface area (Å²) in [6, 6.07) is 0. The van der Waals surface area contributed by atoms with Gasteiger partial charge < -0.3 is 9.63 Å². The predicted molar refractivity (Wildman–Crippen MR) is 199 cm³/mol. The number of hydrogen-bond acceptors (Lipinski definition) is 2. The van der Waals surface area contributed by atoms with Crippen LogP contribution in [0.15, 0.2) is 48.6 Å². The van der Waals surface area contributed by atoms with Gasteiger partial charge in [0, 0.05) is 8.50 Å². The Morgan fingerprint density at radius 3 is 1.86 bits per heavy atom. The molecule has 0 aromatic carbocycles. The lowest BCUT2D eigenvalue weighted by atomic mass is 9.46. The number of allylic oxidation sites excluding steroid dienone is 3. The van der Waals surface area contributed by atoms with Gasteiger partial charge >= 0.3 is 0 Å². The number of hydrogen-bond donors (Lipinski definition) is 1. The molecule has 0 heterocycles. The first-order valence-electron chi connectivity index (χ1n) is 18.0. The Morgan fingerprint density at radius 1 is 0.932 bits per heavy atom. The Bertz CT molecular complexity index is 1050. The normalized spacial score (nSPS) is 40.9. The van der Waals surface area contributed by atoms with Crippen molar-refractivity contribution in [2.24, 2.45) is 45.3 Å². The largest absolute Gasteiger partial charge is 0.386 e. The van der Waals surface area contributed by atoms with Gasteiger partial charge in [0.05, 0.1) is 12.2 Å². The van der Waals surface area contributed by atoms with Gasteiger partial charge in [0.25, 0.3) is 0 Å². The van der Waals surface area contributed by atoms with E-state index >= 15 is 0 Å². The van der Waals surface area contributed by atoms with Crippen molar-refractivity contribution < 1.29 is 9.63 Å². The summed E-state index contributed by atoms with van der Waals surface area (Å²) in [6.45, 7) is 32.5. The van der Waals surface area contributed by atoms with E-state index < -0.39 is 5.60 Å². The van der Waals surface area contributed by atoms with Crippen molar-refractivity contribution in [3.05, 3.63) is 48.6 Å². The van der Waals surface area contributed by atoms with Crippen molar-refractivity contribution in [1.29, 1.82) is 0 Å². The van der Waals surface area contributed by atoms with Gasteiger partial charge in [0.2, 0.25) is 0 Å². The molecule has 4 rings (SSSR count). The van der Waals surface area contributed by atoms with Crippen LogP contribution in [-0.4, -0.2) is 17.3 Å². The Kier molecular flexibility index (Phi) is 13.3. The molecule has 44 heavy (non-hydrogen) atoms. The van der Waals surface area contributed by atoms with Crippen LogP contribution in [0.5, 0.6) is 0 Å². The van der Waals surface area contributed by atoms with Gasteiger partial charge in [-0.1, -0.05) is 92.5 Å². The first-order chi connectivity index (χ1) is 20.5. The van der Waals surface area contributed by atoms with Crippen molar-refractivity contribution >= 4 is 17.4 Å². The van der Waals surface area contributed by atoms with Crippen molar-refractivity contribution in [3.63, 3.8) is 0 Å². The minimum absolute atomic E-state index is 0.309. The molecule has 4 aliphatic carbocycles. The lowest BCUT2D eigenvalue weighted by Crippen LogP contribution is -2.50. The highest BCUT2D eigenvalue weighted by atomic mass is 32.0. The quantitative estimate of drug-likeness (QED) is 0.146. The molecule has 4 fully saturated rings. The molecule has 0 radical (unpaired) electrons. The molecular formula is C40H70O2P2. The fraction of sp³-hybridized carbons (Fsp3) is 0.800. The van der Waals surface area contributed by atoms with E-state index in [1.807, 2.05) is 6.92 Å². The summed E-state index contributed by atoms with van der Waals surface area (Å²) < 4.78 is 5.46. The third kappa shape index (κ3) is 8.05. The number of rotatable bonds is 10. The summed E-state index contributed by atoms with van der Waals surface area (Å²) in [4.78, 5) is 0. The topological polar surface area (TPSA) is 29.5 Å². The molecule has 0 saturated heterocycles. The minimum atomic E-state index is -0.734. The van der Waals surface area contributed by atoms with Gasteiger partial charge in [-0.25, -0.2) is 0 Å².